The summed E-state index contributed by atoms with van der Waals surface area (Å²) in [6.45, 7) is 0. The van der Waals surface area contributed by atoms with Crippen LogP contribution < -0.4 is 9.80 Å². The second-order valence-corrected chi connectivity index (χ2v) is 13.8. The summed E-state index contributed by atoms with van der Waals surface area (Å²) in [6.07, 6.45) is 0. The first kappa shape index (κ1) is 31.6. The zero-order valence-corrected chi connectivity index (χ0v) is 29.7. The topological polar surface area (TPSA) is 6.48 Å². The van der Waals surface area contributed by atoms with Crippen LogP contribution in [0.4, 0.5) is 34.1 Å². The molecule has 0 saturated carbocycles. The molecule has 54 heavy (non-hydrogen) atoms. The molecular formula is C52H37N2-. The molecule has 0 amide bonds. The van der Waals surface area contributed by atoms with E-state index < -0.39 is 0 Å². The van der Waals surface area contributed by atoms with Gasteiger partial charge in [0, 0.05) is 33.5 Å². The Morgan fingerprint density at radius 3 is 0.926 bits per heavy atom. The molecule has 0 heterocycles. The molecule has 2 heteroatoms. The summed E-state index contributed by atoms with van der Waals surface area (Å²) in [4.78, 5) is 4.76. The summed E-state index contributed by atoms with van der Waals surface area (Å²) in [7, 11) is 0. The van der Waals surface area contributed by atoms with Crippen molar-refractivity contribution in [2.24, 2.45) is 0 Å². The van der Waals surface area contributed by atoms with Gasteiger partial charge in [-0.1, -0.05) is 158 Å². The van der Waals surface area contributed by atoms with Gasteiger partial charge in [-0.3, -0.25) is 0 Å². The largest absolute Gasteiger partial charge is 1.00 e. The van der Waals surface area contributed by atoms with E-state index >= 15 is 0 Å². The molecule has 10 rings (SSSR count). The Hall–Kier alpha value is -7.16. The average Bonchev–Trinajstić information content (AvgIpc) is 3.25. The zero-order chi connectivity index (χ0) is 35.8. The Kier molecular flexibility index (Phi) is 7.85. The van der Waals surface area contributed by atoms with Gasteiger partial charge in [-0.15, -0.1) is 0 Å². The standard InChI is InChI=1S/C52H36N2.H/c1-3-17-41(18-4-1)53(51-35-39-15-7-9-21-45(39)47-23-11-13-25-49(47)51)43-31-27-37(28-32-43)38-29-33-44(34-30-38)54(42-19-5-2-6-20-42)52-36-40-16-8-10-22-46(40)48-24-12-14-26-50(48)52;/h1-36H;/q;-1. The van der Waals surface area contributed by atoms with Gasteiger partial charge >= 0.3 is 0 Å². The molecule has 256 valence electrons. The van der Waals surface area contributed by atoms with E-state index in [2.05, 4.69) is 228 Å². The van der Waals surface area contributed by atoms with Gasteiger partial charge in [0.05, 0.1) is 11.4 Å². The molecule has 0 unspecified atom stereocenters. The third-order valence-corrected chi connectivity index (χ3v) is 10.6. The number of nitrogens with zero attached hydrogens (tertiary/aromatic N) is 2. The Morgan fingerprint density at radius 1 is 0.241 bits per heavy atom. The van der Waals surface area contributed by atoms with Gasteiger partial charge in [0.15, 0.2) is 0 Å². The summed E-state index contributed by atoms with van der Waals surface area (Å²) in [5.74, 6) is 0. The smallest absolute Gasteiger partial charge is 0.0546 e. The lowest BCUT2D eigenvalue weighted by Crippen LogP contribution is -2.10. The molecule has 0 atom stereocenters. The van der Waals surface area contributed by atoms with Crippen molar-refractivity contribution in [2.45, 2.75) is 0 Å². The van der Waals surface area contributed by atoms with E-state index in [1.165, 1.54) is 54.2 Å². The number of para-hydroxylation sites is 2. The van der Waals surface area contributed by atoms with E-state index in [1.54, 1.807) is 0 Å². The number of hydrogen-bond acceptors (Lipinski definition) is 2. The Morgan fingerprint density at radius 2 is 0.537 bits per heavy atom. The van der Waals surface area contributed by atoms with Crippen LogP contribution in [-0.4, -0.2) is 0 Å². The molecule has 0 fully saturated rings. The highest BCUT2D eigenvalue weighted by atomic mass is 15.1. The predicted octanol–water partition coefficient (Wildman–Crippen LogP) is 15.0. The predicted molar refractivity (Wildman–Crippen MR) is 232 cm³/mol. The van der Waals surface area contributed by atoms with E-state index in [0.717, 1.165) is 34.1 Å². The maximum Gasteiger partial charge on any atom is 0.0546 e. The van der Waals surface area contributed by atoms with Gasteiger partial charge < -0.3 is 11.2 Å². The molecule has 0 aliphatic heterocycles. The summed E-state index contributed by atoms with van der Waals surface area (Å²) < 4.78 is 0. The average molecular weight is 690 g/mol. The van der Waals surface area contributed by atoms with Crippen molar-refractivity contribution in [1.82, 2.24) is 0 Å². The minimum absolute atomic E-state index is 0. The summed E-state index contributed by atoms with van der Waals surface area (Å²) in [5, 5.41) is 9.94. The van der Waals surface area contributed by atoms with Gasteiger partial charge in [0.1, 0.15) is 0 Å². The maximum atomic E-state index is 2.38. The maximum absolute atomic E-state index is 2.38. The van der Waals surface area contributed by atoms with E-state index in [-0.39, 0.29) is 1.43 Å². The molecule has 0 N–H and O–H groups in total. The van der Waals surface area contributed by atoms with Crippen LogP contribution in [0.15, 0.2) is 218 Å². The van der Waals surface area contributed by atoms with Crippen molar-refractivity contribution < 1.29 is 1.43 Å². The molecule has 0 bridgehead atoms. The molecule has 0 saturated heterocycles. The van der Waals surface area contributed by atoms with Crippen LogP contribution in [0.25, 0.3) is 54.2 Å². The van der Waals surface area contributed by atoms with Crippen LogP contribution in [0.3, 0.4) is 0 Å². The third kappa shape index (κ3) is 5.53. The molecular weight excluding hydrogens is 653 g/mol. The molecule has 0 aliphatic rings. The minimum atomic E-state index is 0. The van der Waals surface area contributed by atoms with E-state index in [0.29, 0.717) is 0 Å². The van der Waals surface area contributed by atoms with Gasteiger partial charge in [0.2, 0.25) is 0 Å². The van der Waals surface area contributed by atoms with E-state index in [1.807, 2.05) is 0 Å². The first-order valence-corrected chi connectivity index (χ1v) is 18.5. The molecule has 10 aromatic carbocycles. The van der Waals surface area contributed by atoms with Gasteiger partial charge in [-0.05, 0) is 104 Å². The second kappa shape index (κ2) is 13.4. The first-order valence-electron chi connectivity index (χ1n) is 18.5. The third-order valence-electron chi connectivity index (χ3n) is 10.6. The second-order valence-electron chi connectivity index (χ2n) is 13.8. The molecule has 0 aliphatic carbocycles. The monoisotopic (exact) mass is 689 g/mol. The van der Waals surface area contributed by atoms with Crippen LogP contribution in [-0.2, 0) is 0 Å². The number of fused-ring (bicyclic) bond motifs is 6. The molecule has 0 spiro atoms. The van der Waals surface area contributed by atoms with Crippen molar-refractivity contribution in [3.8, 4) is 11.1 Å². The van der Waals surface area contributed by atoms with Crippen LogP contribution >= 0.6 is 0 Å². The molecule has 2 nitrogen and oxygen atoms in total. The van der Waals surface area contributed by atoms with Crippen molar-refractivity contribution in [3.05, 3.63) is 218 Å². The molecule has 10 aromatic rings. The highest BCUT2D eigenvalue weighted by Gasteiger charge is 2.19. The number of anilines is 6. The van der Waals surface area contributed by atoms with Crippen LogP contribution in [0.5, 0.6) is 0 Å². The van der Waals surface area contributed by atoms with Crippen molar-refractivity contribution in [2.75, 3.05) is 9.80 Å². The Bertz CT molecular complexity index is 2720. The fourth-order valence-corrected chi connectivity index (χ4v) is 8.05. The molecule has 0 aromatic heterocycles. The fourth-order valence-electron chi connectivity index (χ4n) is 8.05. The molecule has 0 radical (unpaired) electrons. The van der Waals surface area contributed by atoms with Gasteiger partial charge in [-0.2, -0.15) is 0 Å². The van der Waals surface area contributed by atoms with Crippen LogP contribution in [0.2, 0.25) is 0 Å². The van der Waals surface area contributed by atoms with Crippen molar-refractivity contribution in [1.29, 1.82) is 0 Å². The fraction of sp³-hybridized carbons (Fsp3) is 0. The quantitative estimate of drug-likeness (QED) is 0.154. The summed E-state index contributed by atoms with van der Waals surface area (Å²) in [6, 6.07) is 78.8. The van der Waals surface area contributed by atoms with Crippen LogP contribution in [0.1, 0.15) is 1.43 Å². The normalized spacial score (nSPS) is 11.3. The SMILES string of the molecule is [H-].c1ccc(N(c2ccc(-c3ccc(N(c4ccccc4)c4cc5ccccc5c5ccccc45)cc3)cc2)c2cc3ccccc3c3ccccc23)cc1. The van der Waals surface area contributed by atoms with E-state index in [4.69, 9.17) is 0 Å². The number of hydrogen-bond donors (Lipinski definition) is 0. The Balaban J connectivity index is 0.00000397. The van der Waals surface area contributed by atoms with Crippen LogP contribution in [0, 0.1) is 0 Å². The Labute approximate surface area is 316 Å². The number of rotatable bonds is 7. The summed E-state index contributed by atoms with van der Waals surface area (Å²) >= 11 is 0. The minimum Gasteiger partial charge on any atom is -1.00 e. The highest BCUT2D eigenvalue weighted by molar-refractivity contribution is 6.15. The van der Waals surface area contributed by atoms with E-state index in [9.17, 15) is 0 Å². The lowest BCUT2D eigenvalue weighted by molar-refractivity contribution is 1.30. The number of benzene rings is 10. The lowest BCUT2D eigenvalue weighted by Gasteiger charge is -2.28. The van der Waals surface area contributed by atoms with Gasteiger partial charge in [0.25, 0.3) is 0 Å². The zero-order valence-electron chi connectivity index (χ0n) is 30.7. The first-order chi connectivity index (χ1) is 26.8. The van der Waals surface area contributed by atoms with Crippen molar-refractivity contribution in [3.63, 3.8) is 0 Å². The van der Waals surface area contributed by atoms with Crippen molar-refractivity contribution >= 4 is 77.2 Å². The highest BCUT2D eigenvalue weighted by Crippen LogP contribution is 2.44. The van der Waals surface area contributed by atoms with Gasteiger partial charge in [-0.25, -0.2) is 0 Å². The lowest BCUT2D eigenvalue weighted by atomic mass is 9.98. The summed E-state index contributed by atoms with van der Waals surface area (Å²) in [5.41, 5.74) is 9.13.